The van der Waals surface area contributed by atoms with Crippen molar-refractivity contribution < 1.29 is 4.74 Å². The number of hydrogen-bond acceptors (Lipinski definition) is 4. The molecule has 0 fully saturated rings. The van der Waals surface area contributed by atoms with Gasteiger partial charge < -0.3 is 10.5 Å². The summed E-state index contributed by atoms with van der Waals surface area (Å²) in [4.78, 5) is 4.61. The third-order valence-electron chi connectivity index (χ3n) is 3.65. The van der Waals surface area contributed by atoms with Gasteiger partial charge in [0.1, 0.15) is 11.5 Å². The van der Waals surface area contributed by atoms with Crippen molar-refractivity contribution in [3.05, 3.63) is 60.2 Å². The quantitative estimate of drug-likeness (QED) is 0.926. The number of nitrogens with two attached hydrogens (primary N) is 1. The molecule has 0 saturated heterocycles. The summed E-state index contributed by atoms with van der Waals surface area (Å²) in [5.74, 6) is 2.68. The summed E-state index contributed by atoms with van der Waals surface area (Å²) in [5.41, 5.74) is 6.82. The summed E-state index contributed by atoms with van der Waals surface area (Å²) in [6, 6.07) is 17.9. The van der Waals surface area contributed by atoms with E-state index < -0.39 is 0 Å². The number of para-hydroxylation sites is 1. The van der Waals surface area contributed by atoms with Crippen molar-refractivity contribution in [2.75, 3.05) is 5.75 Å². The normalized spacial score (nSPS) is 21.7. The number of benzene rings is 2. The molecule has 0 bridgehead atoms. The summed E-state index contributed by atoms with van der Waals surface area (Å²) in [6.45, 7) is 2.13. The molecule has 0 saturated carbocycles. The summed E-state index contributed by atoms with van der Waals surface area (Å²) in [6.07, 6.45) is 0.997. The predicted octanol–water partition coefficient (Wildman–Crippen LogP) is 4.15. The Morgan fingerprint density at radius 2 is 1.71 bits per heavy atom. The Morgan fingerprint density at radius 3 is 2.38 bits per heavy atom. The molecule has 1 aliphatic rings. The number of hydrogen-bond donors (Lipinski definition) is 1. The molecule has 3 nitrogen and oxygen atoms in total. The Bertz CT molecular complexity index is 640. The Hall–Kier alpha value is -1.94. The predicted molar refractivity (Wildman–Crippen MR) is 89.0 cm³/mol. The zero-order chi connectivity index (χ0) is 14.7. The van der Waals surface area contributed by atoms with E-state index in [1.54, 1.807) is 11.8 Å². The van der Waals surface area contributed by atoms with E-state index in [-0.39, 0.29) is 5.54 Å². The number of ether oxygens (including phenoxy) is 1. The van der Waals surface area contributed by atoms with Crippen LogP contribution in [0.4, 0.5) is 0 Å². The molecule has 21 heavy (non-hydrogen) atoms. The third-order valence-corrected chi connectivity index (χ3v) is 4.45. The van der Waals surface area contributed by atoms with Crippen LogP contribution in [0, 0.1) is 0 Å². The summed E-state index contributed by atoms with van der Waals surface area (Å²) < 4.78 is 5.81. The van der Waals surface area contributed by atoms with Crippen LogP contribution in [0.3, 0.4) is 0 Å². The average Bonchev–Trinajstić information content (AvgIpc) is 2.49. The van der Waals surface area contributed by atoms with E-state index in [9.17, 15) is 0 Å². The Balaban J connectivity index is 1.80. The van der Waals surface area contributed by atoms with Crippen LogP contribution < -0.4 is 10.5 Å². The van der Waals surface area contributed by atoms with Crippen LogP contribution in [0.1, 0.15) is 18.9 Å². The van der Waals surface area contributed by atoms with Gasteiger partial charge in [-0.25, -0.2) is 0 Å². The van der Waals surface area contributed by atoms with Crippen LogP contribution in [0.15, 0.2) is 59.6 Å². The van der Waals surface area contributed by atoms with Gasteiger partial charge in [-0.05, 0) is 43.2 Å². The van der Waals surface area contributed by atoms with Crippen molar-refractivity contribution in [2.24, 2.45) is 10.7 Å². The molecule has 2 aromatic carbocycles. The third kappa shape index (κ3) is 3.22. The van der Waals surface area contributed by atoms with Gasteiger partial charge in [0.05, 0.1) is 5.54 Å². The van der Waals surface area contributed by atoms with Crippen LogP contribution in [0.5, 0.6) is 11.5 Å². The maximum atomic E-state index is 5.87. The molecule has 0 radical (unpaired) electrons. The highest BCUT2D eigenvalue weighted by Crippen LogP contribution is 2.35. The Labute approximate surface area is 129 Å². The fourth-order valence-electron chi connectivity index (χ4n) is 2.40. The smallest absolute Gasteiger partial charge is 0.154 e. The van der Waals surface area contributed by atoms with E-state index >= 15 is 0 Å². The molecule has 108 valence electrons. The van der Waals surface area contributed by atoms with Gasteiger partial charge in [0.2, 0.25) is 0 Å². The standard InChI is InChI=1S/C17H18N2OS/c1-17(11-12-21-16(18)19-17)13-7-9-15(10-8-13)20-14-5-3-2-4-6-14/h2-10H,11-12H2,1H3,(H2,18,19)/t17-/m1/s1. The van der Waals surface area contributed by atoms with Gasteiger partial charge in [-0.3, -0.25) is 4.99 Å². The molecule has 0 amide bonds. The number of aliphatic imine (C=N–C) groups is 1. The molecule has 1 heterocycles. The second-order valence-electron chi connectivity index (χ2n) is 5.26. The first kappa shape index (κ1) is 14.0. The lowest BCUT2D eigenvalue weighted by Gasteiger charge is -2.29. The van der Waals surface area contributed by atoms with Gasteiger partial charge in [-0.15, -0.1) is 0 Å². The topological polar surface area (TPSA) is 47.6 Å². The second-order valence-corrected chi connectivity index (χ2v) is 6.38. The molecule has 0 aromatic heterocycles. The van der Waals surface area contributed by atoms with Crippen molar-refractivity contribution >= 4 is 16.9 Å². The number of amidine groups is 1. The first-order valence-corrected chi connectivity index (χ1v) is 7.96. The van der Waals surface area contributed by atoms with Gasteiger partial charge >= 0.3 is 0 Å². The lowest BCUT2D eigenvalue weighted by Crippen LogP contribution is -2.28. The minimum absolute atomic E-state index is 0.222. The van der Waals surface area contributed by atoms with Gasteiger partial charge in [-0.2, -0.15) is 0 Å². The summed E-state index contributed by atoms with van der Waals surface area (Å²) >= 11 is 1.62. The summed E-state index contributed by atoms with van der Waals surface area (Å²) in [5, 5.41) is 0.674. The minimum atomic E-state index is -0.222. The number of rotatable bonds is 3. The monoisotopic (exact) mass is 298 g/mol. The van der Waals surface area contributed by atoms with Crippen LogP contribution in [0.2, 0.25) is 0 Å². The number of nitrogens with zero attached hydrogens (tertiary/aromatic N) is 1. The molecular weight excluding hydrogens is 280 g/mol. The fourth-order valence-corrected chi connectivity index (χ4v) is 3.38. The Kier molecular flexibility index (Phi) is 3.88. The molecule has 0 spiro atoms. The van der Waals surface area contributed by atoms with Crippen molar-refractivity contribution in [3.63, 3.8) is 0 Å². The van der Waals surface area contributed by atoms with Crippen LogP contribution in [-0.2, 0) is 5.54 Å². The molecule has 0 unspecified atom stereocenters. The maximum absolute atomic E-state index is 5.87. The highest BCUT2D eigenvalue weighted by atomic mass is 32.2. The first-order chi connectivity index (χ1) is 10.2. The first-order valence-electron chi connectivity index (χ1n) is 6.97. The molecule has 4 heteroatoms. The van der Waals surface area contributed by atoms with Crippen molar-refractivity contribution in [1.29, 1.82) is 0 Å². The minimum Gasteiger partial charge on any atom is -0.457 e. The van der Waals surface area contributed by atoms with Crippen molar-refractivity contribution in [2.45, 2.75) is 18.9 Å². The van der Waals surface area contributed by atoms with E-state index in [4.69, 9.17) is 10.5 Å². The molecule has 1 atom stereocenters. The van der Waals surface area contributed by atoms with Crippen molar-refractivity contribution in [3.8, 4) is 11.5 Å². The lowest BCUT2D eigenvalue weighted by molar-refractivity contribution is 0.471. The van der Waals surface area contributed by atoms with Gasteiger partial charge in [0.25, 0.3) is 0 Å². The molecular formula is C17H18N2OS. The zero-order valence-electron chi connectivity index (χ0n) is 12.0. The highest BCUT2D eigenvalue weighted by molar-refractivity contribution is 8.13. The lowest BCUT2D eigenvalue weighted by atomic mass is 9.90. The largest absolute Gasteiger partial charge is 0.457 e. The fraction of sp³-hybridized carbons (Fsp3) is 0.235. The van der Waals surface area contributed by atoms with E-state index in [0.29, 0.717) is 5.17 Å². The summed E-state index contributed by atoms with van der Waals surface area (Å²) in [7, 11) is 0. The molecule has 2 N–H and O–H groups in total. The van der Waals surface area contributed by atoms with Crippen LogP contribution >= 0.6 is 11.8 Å². The Morgan fingerprint density at radius 1 is 1.05 bits per heavy atom. The average molecular weight is 298 g/mol. The maximum Gasteiger partial charge on any atom is 0.154 e. The molecule has 0 aliphatic carbocycles. The molecule has 2 aromatic rings. The van der Waals surface area contributed by atoms with Crippen molar-refractivity contribution in [1.82, 2.24) is 0 Å². The van der Waals surface area contributed by atoms with Gasteiger partial charge in [0.15, 0.2) is 5.17 Å². The highest BCUT2D eigenvalue weighted by Gasteiger charge is 2.29. The molecule has 1 aliphatic heterocycles. The SMILES string of the molecule is C[C@]1(c2ccc(Oc3ccccc3)cc2)CCSC(N)=N1. The van der Waals surface area contributed by atoms with E-state index in [1.165, 1.54) is 5.56 Å². The zero-order valence-corrected chi connectivity index (χ0v) is 12.8. The van der Waals surface area contributed by atoms with Gasteiger partial charge in [0, 0.05) is 5.75 Å². The van der Waals surface area contributed by atoms with Crippen LogP contribution in [-0.4, -0.2) is 10.9 Å². The van der Waals surface area contributed by atoms with E-state index in [0.717, 1.165) is 23.7 Å². The van der Waals surface area contributed by atoms with Crippen LogP contribution in [0.25, 0.3) is 0 Å². The van der Waals surface area contributed by atoms with E-state index in [1.807, 2.05) is 42.5 Å². The second kappa shape index (κ2) is 5.82. The molecule has 3 rings (SSSR count). The van der Waals surface area contributed by atoms with Gasteiger partial charge in [-0.1, -0.05) is 42.1 Å². The number of thioether (sulfide) groups is 1. The van der Waals surface area contributed by atoms with E-state index in [2.05, 4.69) is 24.0 Å².